The summed E-state index contributed by atoms with van der Waals surface area (Å²) in [5.41, 5.74) is 6.19. The van der Waals surface area contributed by atoms with Crippen LogP contribution in [0.15, 0.2) is 21.7 Å². The van der Waals surface area contributed by atoms with Crippen molar-refractivity contribution in [1.29, 1.82) is 0 Å². The van der Waals surface area contributed by atoms with Crippen molar-refractivity contribution < 1.29 is 0 Å². The summed E-state index contributed by atoms with van der Waals surface area (Å²) in [7, 11) is 5.14. The molecule has 0 aromatic carbocycles. The van der Waals surface area contributed by atoms with Crippen LogP contribution in [-0.4, -0.2) is 42.0 Å². The zero-order chi connectivity index (χ0) is 10.6. The Labute approximate surface area is 81.7 Å². The van der Waals surface area contributed by atoms with E-state index in [-0.39, 0.29) is 0 Å². The standard InChI is InChI=1S/C7H13N7/c1-9-6(8)5-7(11-4-10-5)12-13-14(2)3/h4H,1-3H3,(H2,8,9)(H,10,11)/b13-12+. The van der Waals surface area contributed by atoms with E-state index >= 15 is 0 Å². The van der Waals surface area contributed by atoms with Gasteiger partial charge in [-0.1, -0.05) is 5.22 Å². The van der Waals surface area contributed by atoms with E-state index in [1.165, 1.54) is 6.33 Å². The first kappa shape index (κ1) is 10.2. The first-order chi connectivity index (χ1) is 6.65. The first-order valence-electron chi connectivity index (χ1n) is 4.00. The van der Waals surface area contributed by atoms with Gasteiger partial charge in [0.1, 0.15) is 11.5 Å². The van der Waals surface area contributed by atoms with Gasteiger partial charge >= 0.3 is 0 Å². The fourth-order valence-corrected chi connectivity index (χ4v) is 0.795. The van der Waals surface area contributed by atoms with Gasteiger partial charge in [-0.3, -0.25) is 10.0 Å². The van der Waals surface area contributed by atoms with Crippen LogP contribution in [0.5, 0.6) is 0 Å². The van der Waals surface area contributed by atoms with E-state index in [1.54, 1.807) is 26.2 Å². The fraction of sp³-hybridized carbons (Fsp3) is 0.429. The van der Waals surface area contributed by atoms with Crippen molar-refractivity contribution in [1.82, 2.24) is 15.0 Å². The molecule has 1 aromatic rings. The van der Waals surface area contributed by atoms with Gasteiger partial charge in [0.2, 0.25) is 5.82 Å². The zero-order valence-corrected chi connectivity index (χ0v) is 8.39. The molecule has 0 saturated heterocycles. The Morgan fingerprint density at radius 1 is 1.57 bits per heavy atom. The molecule has 1 aromatic heterocycles. The molecule has 14 heavy (non-hydrogen) atoms. The normalized spacial score (nSPS) is 12.4. The van der Waals surface area contributed by atoms with Crippen molar-refractivity contribution in [2.24, 2.45) is 21.1 Å². The molecule has 0 unspecified atom stereocenters. The van der Waals surface area contributed by atoms with Crippen LogP contribution in [0.3, 0.4) is 0 Å². The van der Waals surface area contributed by atoms with E-state index in [2.05, 4.69) is 25.3 Å². The lowest BCUT2D eigenvalue weighted by Crippen LogP contribution is -2.13. The molecule has 1 heterocycles. The number of amidine groups is 1. The number of hydrogen-bond acceptors (Lipinski definition) is 4. The Kier molecular flexibility index (Phi) is 3.16. The topological polar surface area (TPSA) is 95.0 Å². The van der Waals surface area contributed by atoms with Gasteiger partial charge in [0, 0.05) is 21.1 Å². The Bertz CT molecular complexity index is 349. The van der Waals surface area contributed by atoms with Gasteiger partial charge in [0.05, 0.1) is 6.33 Å². The van der Waals surface area contributed by atoms with Gasteiger partial charge in [-0.05, 0) is 0 Å². The van der Waals surface area contributed by atoms with Crippen LogP contribution in [0.4, 0.5) is 5.82 Å². The largest absolute Gasteiger partial charge is 0.382 e. The van der Waals surface area contributed by atoms with Gasteiger partial charge in [0.15, 0.2) is 0 Å². The smallest absolute Gasteiger partial charge is 0.205 e. The third kappa shape index (κ3) is 2.28. The molecule has 0 aliphatic heterocycles. The number of imidazole rings is 1. The van der Waals surface area contributed by atoms with Gasteiger partial charge < -0.3 is 10.7 Å². The van der Waals surface area contributed by atoms with Gasteiger partial charge in [-0.2, -0.15) is 0 Å². The Balaban J connectivity index is 2.94. The summed E-state index contributed by atoms with van der Waals surface area (Å²) in [5.74, 6) is 0.789. The predicted octanol–water partition coefficient (Wildman–Crippen LogP) is 0.305. The van der Waals surface area contributed by atoms with Gasteiger partial charge in [-0.25, -0.2) is 4.98 Å². The van der Waals surface area contributed by atoms with Crippen LogP contribution >= 0.6 is 0 Å². The summed E-state index contributed by atoms with van der Waals surface area (Å²) in [6.45, 7) is 0. The number of nitrogens with two attached hydrogens (primary N) is 1. The number of nitrogens with one attached hydrogen (secondary N) is 1. The number of aliphatic imine (C=N–C) groups is 1. The third-order valence-corrected chi connectivity index (χ3v) is 1.43. The van der Waals surface area contributed by atoms with Crippen molar-refractivity contribution in [2.75, 3.05) is 21.1 Å². The first-order valence-corrected chi connectivity index (χ1v) is 4.00. The Morgan fingerprint density at radius 2 is 2.29 bits per heavy atom. The van der Waals surface area contributed by atoms with E-state index in [9.17, 15) is 0 Å². The lowest BCUT2D eigenvalue weighted by Gasteiger charge is -2.00. The molecule has 0 radical (unpaired) electrons. The van der Waals surface area contributed by atoms with Crippen LogP contribution in [0.1, 0.15) is 5.69 Å². The second kappa shape index (κ2) is 4.35. The van der Waals surface area contributed by atoms with Crippen molar-refractivity contribution >= 4 is 11.7 Å². The monoisotopic (exact) mass is 195 g/mol. The molecule has 76 valence electrons. The maximum absolute atomic E-state index is 5.61. The summed E-state index contributed by atoms with van der Waals surface area (Å²) >= 11 is 0. The number of rotatable bonds is 3. The average molecular weight is 195 g/mol. The zero-order valence-electron chi connectivity index (χ0n) is 8.39. The summed E-state index contributed by atoms with van der Waals surface area (Å²) in [5, 5.41) is 9.26. The third-order valence-electron chi connectivity index (χ3n) is 1.43. The predicted molar refractivity (Wildman–Crippen MR) is 53.4 cm³/mol. The number of aromatic amines is 1. The van der Waals surface area contributed by atoms with Crippen LogP contribution in [0.2, 0.25) is 0 Å². The van der Waals surface area contributed by atoms with Crippen molar-refractivity contribution in [3.63, 3.8) is 0 Å². The second-order valence-electron chi connectivity index (χ2n) is 2.75. The van der Waals surface area contributed by atoms with Crippen molar-refractivity contribution in [3.05, 3.63) is 12.0 Å². The molecule has 0 aliphatic rings. The number of aromatic nitrogens is 2. The van der Waals surface area contributed by atoms with Crippen LogP contribution < -0.4 is 5.73 Å². The minimum absolute atomic E-state index is 0.357. The molecule has 3 N–H and O–H groups in total. The molecule has 7 heteroatoms. The Hall–Kier alpha value is -1.92. The molecular formula is C7H13N7. The highest BCUT2D eigenvalue weighted by Crippen LogP contribution is 2.13. The summed E-state index contributed by atoms with van der Waals surface area (Å²) in [6, 6.07) is 0. The summed E-state index contributed by atoms with van der Waals surface area (Å²) < 4.78 is 0. The summed E-state index contributed by atoms with van der Waals surface area (Å²) in [6.07, 6.45) is 1.50. The number of hydrogen-bond donors (Lipinski definition) is 2. The van der Waals surface area contributed by atoms with E-state index in [1.807, 2.05) is 0 Å². The Morgan fingerprint density at radius 3 is 2.86 bits per heavy atom. The lowest BCUT2D eigenvalue weighted by atomic mass is 10.4. The lowest BCUT2D eigenvalue weighted by molar-refractivity contribution is 0.408. The highest BCUT2D eigenvalue weighted by atomic mass is 15.5. The molecule has 0 bridgehead atoms. The molecule has 0 saturated carbocycles. The molecule has 0 atom stereocenters. The highest BCUT2D eigenvalue weighted by Gasteiger charge is 2.07. The van der Waals surface area contributed by atoms with Crippen molar-refractivity contribution in [2.45, 2.75) is 0 Å². The second-order valence-corrected chi connectivity index (χ2v) is 2.75. The summed E-state index contributed by atoms with van der Waals surface area (Å²) in [4.78, 5) is 10.6. The molecule has 7 nitrogen and oxygen atoms in total. The van der Waals surface area contributed by atoms with E-state index in [0.717, 1.165) is 0 Å². The molecule has 0 spiro atoms. The van der Waals surface area contributed by atoms with Crippen LogP contribution in [0, 0.1) is 0 Å². The molecule has 0 aliphatic carbocycles. The minimum Gasteiger partial charge on any atom is -0.382 e. The van der Waals surface area contributed by atoms with Gasteiger partial charge in [-0.15, -0.1) is 5.11 Å². The molecule has 1 rings (SSSR count). The van der Waals surface area contributed by atoms with Crippen LogP contribution in [-0.2, 0) is 0 Å². The fourth-order valence-electron chi connectivity index (χ4n) is 0.795. The minimum atomic E-state index is 0.357. The number of nitrogens with zero attached hydrogens (tertiary/aromatic N) is 5. The van der Waals surface area contributed by atoms with E-state index in [4.69, 9.17) is 5.73 Å². The van der Waals surface area contributed by atoms with Gasteiger partial charge in [0.25, 0.3) is 0 Å². The SMILES string of the molecule is CN=C(N)c1[nH]cnc1/N=N/N(C)C. The van der Waals surface area contributed by atoms with Crippen LogP contribution in [0.25, 0.3) is 0 Å². The maximum atomic E-state index is 5.61. The van der Waals surface area contributed by atoms with E-state index < -0.39 is 0 Å². The quantitative estimate of drug-likeness (QED) is 0.314. The number of H-pyrrole nitrogens is 1. The molecule has 0 amide bonds. The molecular weight excluding hydrogens is 182 g/mol. The average Bonchev–Trinajstić information content (AvgIpc) is 2.61. The molecule has 0 fully saturated rings. The van der Waals surface area contributed by atoms with E-state index in [0.29, 0.717) is 17.3 Å². The maximum Gasteiger partial charge on any atom is 0.205 e. The van der Waals surface area contributed by atoms with Crippen molar-refractivity contribution in [3.8, 4) is 0 Å². The highest BCUT2D eigenvalue weighted by molar-refractivity contribution is 5.99.